The minimum absolute atomic E-state index is 0.228. The fraction of sp³-hybridized carbons (Fsp3) is 0.300. The summed E-state index contributed by atoms with van der Waals surface area (Å²) < 4.78 is 5.21. The van der Waals surface area contributed by atoms with E-state index in [1.165, 1.54) is 4.80 Å². The fourth-order valence-electron chi connectivity index (χ4n) is 1.36. The van der Waals surface area contributed by atoms with Gasteiger partial charge in [-0.2, -0.15) is 0 Å². The first-order chi connectivity index (χ1) is 7.74. The molecule has 1 heterocycles. The third-order valence-electron chi connectivity index (χ3n) is 2.15. The summed E-state index contributed by atoms with van der Waals surface area (Å²) in [4.78, 5) is 1.34. The Bertz CT molecular complexity index is 495. The summed E-state index contributed by atoms with van der Waals surface area (Å²) in [7, 11) is 1.58. The van der Waals surface area contributed by atoms with E-state index in [9.17, 15) is 0 Å². The fourth-order valence-corrected chi connectivity index (χ4v) is 1.36. The van der Waals surface area contributed by atoms with Crippen molar-refractivity contribution >= 4 is 0 Å². The number of benzene rings is 1. The molecule has 84 valence electrons. The van der Waals surface area contributed by atoms with Crippen LogP contribution in [0.15, 0.2) is 18.2 Å². The van der Waals surface area contributed by atoms with Gasteiger partial charge in [-0.1, -0.05) is 6.07 Å². The molecule has 0 fully saturated rings. The van der Waals surface area contributed by atoms with Crippen LogP contribution in [-0.4, -0.2) is 32.4 Å². The number of aliphatic hydroxyl groups is 1. The first-order valence-corrected chi connectivity index (χ1v) is 4.79. The van der Waals surface area contributed by atoms with Gasteiger partial charge in [0.1, 0.15) is 18.0 Å². The van der Waals surface area contributed by atoms with Crippen LogP contribution in [0.1, 0.15) is 11.4 Å². The number of ether oxygens (including phenoxy) is 1. The summed E-state index contributed by atoms with van der Waals surface area (Å²) >= 11 is 0. The first-order valence-electron chi connectivity index (χ1n) is 4.79. The molecule has 6 nitrogen and oxygen atoms in total. The van der Waals surface area contributed by atoms with Crippen molar-refractivity contribution in [3.63, 3.8) is 0 Å². The SMILES string of the molecule is COc1ccc(C)cc1-n1nnc(CO)n1. The maximum atomic E-state index is 8.87. The van der Waals surface area contributed by atoms with Gasteiger partial charge in [-0.15, -0.1) is 15.0 Å². The molecule has 16 heavy (non-hydrogen) atoms. The Kier molecular flexibility index (Phi) is 2.82. The molecule has 0 radical (unpaired) electrons. The third-order valence-corrected chi connectivity index (χ3v) is 2.15. The largest absolute Gasteiger partial charge is 0.494 e. The maximum Gasteiger partial charge on any atom is 0.200 e. The maximum absolute atomic E-state index is 8.87. The van der Waals surface area contributed by atoms with Crippen molar-refractivity contribution in [2.45, 2.75) is 13.5 Å². The minimum Gasteiger partial charge on any atom is -0.494 e. The van der Waals surface area contributed by atoms with E-state index in [1.54, 1.807) is 7.11 Å². The molecule has 1 aromatic carbocycles. The Morgan fingerprint density at radius 1 is 1.44 bits per heavy atom. The second-order valence-electron chi connectivity index (χ2n) is 3.33. The summed E-state index contributed by atoms with van der Waals surface area (Å²) in [6, 6.07) is 5.67. The Hall–Kier alpha value is -1.95. The smallest absolute Gasteiger partial charge is 0.200 e. The molecule has 0 bridgehead atoms. The molecule has 1 N–H and O–H groups in total. The van der Waals surface area contributed by atoms with Crippen LogP contribution in [0.5, 0.6) is 5.75 Å². The molecule has 0 aliphatic heterocycles. The number of aliphatic hydroxyl groups excluding tert-OH is 1. The Morgan fingerprint density at radius 2 is 2.25 bits per heavy atom. The van der Waals surface area contributed by atoms with Crippen molar-refractivity contribution in [2.75, 3.05) is 7.11 Å². The topological polar surface area (TPSA) is 73.1 Å². The summed E-state index contributed by atoms with van der Waals surface area (Å²) in [5, 5.41) is 20.4. The van der Waals surface area contributed by atoms with E-state index in [0.29, 0.717) is 11.4 Å². The molecule has 0 unspecified atom stereocenters. The molecular formula is C10H12N4O2. The summed E-state index contributed by atoms with van der Waals surface area (Å²) in [5.41, 5.74) is 1.77. The van der Waals surface area contributed by atoms with Gasteiger partial charge in [0.05, 0.1) is 7.11 Å². The average Bonchev–Trinajstić information content (AvgIpc) is 2.77. The molecule has 0 aliphatic carbocycles. The van der Waals surface area contributed by atoms with Crippen molar-refractivity contribution in [3.8, 4) is 11.4 Å². The van der Waals surface area contributed by atoms with Gasteiger partial charge in [-0.05, 0) is 29.8 Å². The predicted octanol–water partition coefficient (Wildman–Crippen LogP) is 0.472. The van der Waals surface area contributed by atoms with E-state index in [2.05, 4.69) is 15.4 Å². The lowest BCUT2D eigenvalue weighted by Gasteiger charge is -2.06. The molecule has 2 rings (SSSR count). The Labute approximate surface area is 92.5 Å². The van der Waals surface area contributed by atoms with Gasteiger partial charge in [-0.25, -0.2) is 0 Å². The minimum atomic E-state index is -0.228. The van der Waals surface area contributed by atoms with Crippen LogP contribution in [0.2, 0.25) is 0 Å². The first kappa shape index (κ1) is 10.6. The third kappa shape index (κ3) is 1.87. The lowest BCUT2D eigenvalue weighted by atomic mass is 10.2. The molecule has 2 aromatic rings. The second kappa shape index (κ2) is 4.28. The highest BCUT2D eigenvalue weighted by molar-refractivity contribution is 5.47. The molecule has 0 amide bonds. The van der Waals surface area contributed by atoms with Crippen LogP contribution in [0.3, 0.4) is 0 Å². The van der Waals surface area contributed by atoms with Crippen molar-refractivity contribution < 1.29 is 9.84 Å². The number of aryl methyl sites for hydroxylation is 1. The lowest BCUT2D eigenvalue weighted by molar-refractivity contribution is 0.271. The van der Waals surface area contributed by atoms with Crippen molar-refractivity contribution in [3.05, 3.63) is 29.6 Å². The Balaban J connectivity index is 2.49. The second-order valence-corrected chi connectivity index (χ2v) is 3.33. The number of hydrogen-bond donors (Lipinski definition) is 1. The van der Waals surface area contributed by atoms with Crippen LogP contribution in [0, 0.1) is 6.92 Å². The molecule has 1 aromatic heterocycles. The van der Waals surface area contributed by atoms with Crippen molar-refractivity contribution in [1.29, 1.82) is 0 Å². The number of rotatable bonds is 3. The standard InChI is InChI=1S/C10H12N4O2/c1-7-3-4-9(16-2)8(5-7)14-12-10(6-15)11-13-14/h3-5,15H,6H2,1-2H3. The van der Waals surface area contributed by atoms with E-state index in [1.807, 2.05) is 25.1 Å². The van der Waals surface area contributed by atoms with Crippen LogP contribution in [0.25, 0.3) is 5.69 Å². The summed E-state index contributed by atoms with van der Waals surface area (Å²) in [5.74, 6) is 0.941. The molecule has 0 aliphatic rings. The van der Waals surface area contributed by atoms with Gasteiger partial charge in [-0.3, -0.25) is 0 Å². The van der Waals surface area contributed by atoms with E-state index in [-0.39, 0.29) is 12.4 Å². The Morgan fingerprint density at radius 3 is 2.88 bits per heavy atom. The highest BCUT2D eigenvalue weighted by Gasteiger charge is 2.09. The summed E-state index contributed by atoms with van der Waals surface area (Å²) in [6.07, 6.45) is 0. The predicted molar refractivity (Wildman–Crippen MR) is 56.4 cm³/mol. The van der Waals surface area contributed by atoms with E-state index < -0.39 is 0 Å². The molecular weight excluding hydrogens is 208 g/mol. The number of hydrogen-bond acceptors (Lipinski definition) is 5. The van der Waals surface area contributed by atoms with Gasteiger partial charge in [0.25, 0.3) is 0 Å². The number of nitrogens with zero attached hydrogens (tertiary/aromatic N) is 4. The van der Waals surface area contributed by atoms with Crippen molar-refractivity contribution in [2.24, 2.45) is 0 Å². The number of tetrazole rings is 1. The zero-order valence-electron chi connectivity index (χ0n) is 9.08. The average molecular weight is 220 g/mol. The van der Waals surface area contributed by atoms with Gasteiger partial charge < -0.3 is 9.84 Å². The van der Waals surface area contributed by atoms with Crippen LogP contribution < -0.4 is 4.74 Å². The van der Waals surface area contributed by atoms with Gasteiger partial charge in [0.2, 0.25) is 5.82 Å². The summed E-state index contributed by atoms with van der Waals surface area (Å²) in [6.45, 7) is 1.74. The van der Waals surface area contributed by atoms with Crippen LogP contribution >= 0.6 is 0 Å². The van der Waals surface area contributed by atoms with Gasteiger partial charge >= 0.3 is 0 Å². The van der Waals surface area contributed by atoms with Gasteiger partial charge in [0, 0.05) is 0 Å². The lowest BCUT2D eigenvalue weighted by Crippen LogP contribution is -2.02. The van der Waals surface area contributed by atoms with E-state index in [0.717, 1.165) is 5.56 Å². The normalized spacial score (nSPS) is 10.4. The van der Waals surface area contributed by atoms with Crippen LogP contribution in [-0.2, 0) is 6.61 Å². The number of methoxy groups -OCH3 is 1. The van der Waals surface area contributed by atoms with Crippen molar-refractivity contribution in [1.82, 2.24) is 20.2 Å². The van der Waals surface area contributed by atoms with E-state index >= 15 is 0 Å². The highest BCUT2D eigenvalue weighted by Crippen LogP contribution is 2.22. The molecule has 6 heteroatoms. The number of aromatic nitrogens is 4. The molecule has 0 atom stereocenters. The van der Waals surface area contributed by atoms with Crippen LogP contribution in [0.4, 0.5) is 0 Å². The molecule has 0 spiro atoms. The zero-order valence-corrected chi connectivity index (χ0v) is 9.08. The molecule has 0 saturated carbocycles. The van der Waals surface area contributed by atoms with E-state index in [4.69, 9.17) is 9.84 Å². The monoisotopic (exact) mass is 220 g/mol. The molecule has 0 saturated heterocycles. The zero-order chi connectivity index (χ0) is 11.5. The quantitative estimate of drug-likeness (QED) is 0.814. The van der Waals surface area contributed by atoms with Gasteiger partial charge in [0.15, 0.2) is 0 Å². The highest BCUT2D eigenvalue weighted by atomic mass is 16.5.